The molecule has 2 aromatic heterocycles. The zero-order valence-corrected chi connectivity index (χ0v) is 20.4. The predicted molar refractivity (Wildman–Crippen MR) is 132 cm³/mol. The number of aromatic amines is 1. The van der Waals surface area contributed by atoms with E-state index in [0.29, 0.717) is 24.8 Å². The number of aromatic nitrogens is 1. The Kier molecular flexibility index (Phi) is 6.02. The Morgan fingerprint density at radius 2 is 2.09 bits per heavy atom. The molecular weight excluding hydrogens is 426 g/mol. The van der Waals surface area contributed by atoms with Crippen molar-refractivity contribution >= 4 is 5.91 Å². The average Bonchev–Trinajstić information content (AvgIpc) is 3.46. The van der Waals surface area contributed by atoms with Crippen molar-refractivity contribution in [1.82, 2.24) is 14.8 Å². The maximum Gasteiger partial charge on any atom is 0.270 e. The molecule has 1 aromatic carbocycles. The highest BCUT2D eigenvalue weighted by atomic mass is 16.3. The molecule has 1 saturated heterocycles. The number of nitrogens with zero attached hydrogens (tertiary/aromatic N) is 2. The molecule has 1 aliphatic heterocycles. The monoisotopic (exact) mass is 461 g/mol. The summed E-state index contributed by atoms with van der Waals surface area (Å²) in [5.41, 5.74) is 5.45. The highest BCUT2D eigenvalue weighted by molar-refractivity contribution is 5.94. The molecule has 2 N–H and O–H groups in total. The number of piperidine rings is 1. The maximum atomic E-state index is 13.2. The van der Waals surface area contributed by atoms with Crippen LogP contribution in [-0.2, 0) is 24.8 Å². The predicted octanol–water partition coefficient (Wildman–Crippen LogP) is 4.66. The smallest absolute Gasteiger partial charge is 0.270 e. The van der Waals surface area contributed by atoms with Crippen LogP contribution >= 0.6 is 0 Å². The van der Waals surface area contributed by atoms with Crippen LogP contribution in [0.3, 0.4) is 0 Å². The van der Waals surface area contributed by atoms with Crippen molar-refractivity contribution in [1.29, 1.82) is 0 Å². The number of phenols is 1. The van der Waals surface area contributed by atoms with Gasteiger partial charge in [-0.25, -0.2) is 0 Å². The highest BCUT2D eigenvalue weighted by Crippen LogP contribution is 2.49. The second-order valence-electron chi connectivity index (χ2n) is 9.91. The van der Waals surface area contributed by atoms with Gasteiger partial charge in [0.25, 0.3) is 5.91 Å². The van der Waals surface area contributed by atoms with E-state index in [9.17, 15) is 9.90 Å². The number of fused-ring (bicyclic) bond motifs is 2. The van der Waals surface area contributed by atoms with Gasteiger partial charge in [0.05, 0.1) is 12.8 Å². The van der Waals surface area contributed by atoms with E-state index in [4.69, 9.17) is 4.42 Å². The summed E-state index contributed by atoms with van der Waals surface area (Å²) in [6, 6.07) is 11.8. The van der Waals surface area contributed by atoms with Gasteiger partial charge in [-0.2, -0.15) is 0 Å². The summed E-state index contributed by atoms with van der Waals surface area (Å²) in [7, 11) is 0. The van der Waals surface area contributed by atoms with E-state index >= 15 is 0 Å². The summed E-state index contributed by atoms with van der Waals surface area (Å²) in [6.45, 7) is 10.3. The number of aromatic hydroxyl groups is 1. The van der Waals surface area contributed by atoms with Crippen LogP contribution < -0.4 is 0 Å². The van der Waals surface area contributed by atoms with Gasteiger partial charge in [0.15, 0.2) is 0 Å². The molecule has 1 fully saturated rings. The molecule has 0 unspecified atom stereocenters. The molecule has 5 rings (SSSR count). The van der Waals surface area contributed by atoms with Crippen LogP contribution in [0.1, 0.15) is 58.9 Å². The molecule has 2 aliphatic rings. The Bertz CT molecular complexity index is 1160. The molecule has 0 saturated carbocycles. The molecule has 180 valence electrons. The van der Waals surface area contributed by atoms with Gasteiger partial charge in [0.2, 0.25) is 0 Å². The first-order valence-corrected chi connectivity index (χ1v) is 12.5. The molecule has 3 aromatic rings. The van der Waals surface area contributed by atoms with Crippen molar-refractivity contribution in [3.05, 3.63) is 76.5 Å². The van der Waals surface area contributed by atoms with Gasteiger partial charge in [-0.15, -0.1) is 0 Å². The minimum Gasteiger partial charge on any atom is -0.508 e. The van der Waals surface area contributed by atoms with Gasteiger partial charge >= 0.3 is 0 Å². The van der Waals surface area contributed by atoms with Crippen molar-refractivity contribution in [2.75, 3.05) is 26.2 Å². The number of amides is 1. The van der Waals surface area contributed by atoms with Crippen LogP contribution in [-0.4, -0.2) is 52.0 Å². The van der Waals surface area contributed by atoms with Gasteiger partial charge < -0.3 is 19.4 Å². The SMILES string of the molecule is CCN(CC)C(=O)c1[nH]c2c(c1C)C[C@H]1CN(Cc3ccco3)CC[C@]1(c1cccc(O)c1)C2. The normalized spacial score (nSPS) is 22.3. The lowest BCUT2D eigenvalue weighted by Gasteiger charge is -2.51. The number of hydrogen-bond donors (Lipinski definition) is 2. The van der Waals surface area contributed by atoms with Gasteiger partial charge in [-0.1, -0.05) is 12.1 Å². The second kappa shape index (κ2) is 8.99. The molecule has 0 bridgehead atoms. The Morgan fingerprint density at radius 1 is 1.26 bits per heavy atom. The number of carbonyl (C=O) groups excluding carboxylic acids is 1. The van der Waals surface area contributed by atoms with Gasteiger partial charge in [0.1, 0.15) is 17.2 Å². The van der Waals surface area contributed by atoms with Gasteiger partial charge in [-0.3, -0.25) is 9.69 Å². The van der Waals surface area contributed by atoms with Crippen LogP contribution in [0.2, 0.25) is 0 Å². The van der Waals surface area contributed by atoms with Crippen molar-refractivity contribution < 1.29 is 14.3 Å². The number of hydrogen-bond acceptors (Lipinski definition) is 4. The average molecular weight is 462 g/mol. The Labute approximate surface area is 201 Å². The summed E-state index contributed by atoms with van der Waals surface area (Å²) in [5, 5.41) is 10.3. The molecule has 34 heavy (non-hydrogen) atoms. The van der Waals surface area contributed by atoms with E-state index in [2.05, 4.69) is 22.9 Å². The number of H-pyrrole nitrogens is 1. The van der Waals surface area contributed by atoms with Gasteiger partial charge in [-0.05, 0) is 93.5 Å². The third-order valence-corrected chi connectivity index (χ3v) is 8.19. The van der Waals surface area contributed by atoms with Crippen LogP contribution in [0, 0.1) is 12.8 Å². The number of phenolic OH excluding ortho intramolecular Hbond substituents is 1. The van der Waals surface area contributed by atoms with E-state index in [1.807, 2.05) is 43.0 Å². The second-order valence-corrected chi connectivity index (χ2v) is 9.91. The third-order valence-electron chi connectivity index (χ3n) is 8.19. The molecular formula is C28H35N3O3. The zero-order chi connectivity index (χ0) is 23.9. The fraction of sp³-hybridized carbons (Fsp3) is 0.464. The minimum atomic E-state index is -0.0712. The maximum absolute atomic E-state index is 13.2. The number of carbonyl (C=O) groups is 1. The van der Waals surface area contributed by atoms with Crippen molar-refractivity contribution in [3.8, 4) is 5.75 Å². The first-order chi connectivity index (χ1) is 16.4. The first kappa shape index (κ1) is 22.8. The summed E-state index contributed by atoms with van der Waals surface area (Å²) in [4.78, 5) is 21.2. The van der Waals surface area contributed by atoms with E-state index in [0.717, 1.165) is 55.9 Å². The lowest BCUT2D eigenvalue weighted by molar-refractivity contribution is 0.0715. The fourth-order valence-corrected chi connectivity index (χ4v) is 6.27. The molecule has 2 atom stereocenters. The zero-order valence-electron chi connectivity index (χ0n) is 20.4. The minimum absolute atomic E-state index is 0.0712. The quantitative estimate of drug-likeness (QED) is 0.560. The van der Waals surface area contributed by atoms with Gasteiger partial charge in [0, 0.05) is 30.7 Å². The molecule has 1 aliphatic carbocycles. The summed E-state index contributed by atoms with van der Waals surface area (Å²) in [6.07, 6.45) is 4.52. The van der Waals surface area contributed by atoms with Crippen LogP contribution in [0.25, 0.3) is 0 Å². The van der Waals surface area contributed by atoms with Crippen molar-refractivity contribution in [2.24, 2.45) is 5.92 Å². The van der Waals surface area contributed by atoms with Crippen LogP contribution in [0.5, 0.6) is 5.75 Å². The lowest BCUT2D eigenvalue weighted by Crippen LogP contribution is -2.53. The van der Waals surface area contributed by atoms with Crippen LogP contribution in [0.4, 0.5) is 0 Å². The summed E-state index contributed by atoms with van der Waals surface area (Å²) in [5.74, 6) is 1.78. The fourth-order valence-electron chi connectivity index (χ4n) is 6.27. The summed E-state index contributed by atoms with van der Waals surface area (Å²) < 4.78 is 5.62. The first-order valence-electron chi connectivity index (χ1n) is 12.5. The van der Waals surface area contributed by atoms with E-state index in [1.54, 1.807) is 12.3 Å². The molecule has 6 heteroatoms. The molecule has 1 amide bonds. The standard InChI is InChI=1S/C28H35N3O3/c1-4-31(5-2)27(33)26-19(3)24-15-21-17-30(18-23-10-7-13-34-23)12-11-28(21,16-25(24)29-26)20-8-6-9-22(32)14-20/h6-10,13-14,21,29,32H,4-5,11-12,15-18H2,1-3H3/t21-,28+/m0/s1. The van der Waals surface area contributed by atoms with E-state index < -0.39 is 0 Å². The number of rotatable bonds is 6. The number of furan rings is 1. The number of likely N-dealkylation sites (tertiary alicyclic amines) is 1. The lowest BCUT2D eigenvalue weighted by atomic mass is 9.58. The molecule has 0 spiro atoms. The Hall–Kier alpha value is -2.99. The Morgan fingerprint density at radius 3 is 2.79 bits per heavy atom. The van der Waals surface area contributed by atoms with Crippen molar-refractivity contribution in [2.45, 2.75) is 52.0 Å². The molecule has 6 nitrogen and oxygen atoms in total. The highest BCUT2D eigenvalue weighted by Gasteiger charge is 2.48. The largest absolute Gasteiger partial charge is 0.508 e. The van der Waals surface area contributed by atoms with Crippen molar-refractivity contribution in [3.63, 3.8) is 0 Å². The van der Waals surface area contributed by atoms with E-state index in [1.165, 1.54) is 16.8 Å². The summed E-state index contributed by atoms with van der Waals surface area (Å²) >= 11 is 0. The Balaban J connectivity index is 1.52. The van der Waals surface area contributed by atoms with Crippen LogP contribution in [0.15, 0.2) is 47.1 Å². The molecule has 0 radical (unpaired) electrons. The number of benzene rings is 1. The topological polar surface area (TPSA) is 72.7 Å². The number of nitrogens with one attached hydrogen (secondary N) is 1. The van der Waals surface area contributed by atoms with E-state index in [-0.39, 0.29) is 11.3 Å². The molecule has 3 heterocycles. The third kappa shape index (κ3) is 3.84.